The van der Waals surface area contributed by atoms with Gasteiger partial charge in [-0.1, -0.05) is 29.7 Å². The highest BCUT2D eigenvalue weighted by Gasteiger charge is 2.31. The van der Waals surface area contributed by atoms with Crippen molar-refractivity contribution in [2.45, 2.75) is 41.9 Å². The lowest BCUT2D eigenvalue weighted by atomic mass is 9.87. The smallest absolute Gasteiger partial charge is 0.333 e. The highest BCUT2D eigenvalue weighted by atomic mass is 32.2. The molecule has 3 unspecified atom stereocenters. The van der Waals surface area contributed by atoms with E-state index in [4.69, 9.17) is 17.0 Å². The zero-order valence-corrected chi connectivity index (χ0v) is 14.2. The molecule has 1 saturated carbocycles. The van der Waals surface area contributed by atoms with Gasteiger partial charge in [-0.15, -0.1) is 0 Å². The van der Waals surface area contributed by atoms with Gasteiger partial charge in [0.25, 0.3) is 0 Å². The van der Waals surface area contributed by atoms with Gasteiger partial charge < -0.3 is 9.84 Å². The van der Waals surface area contributed by atoms with Gasteiger partial charge in [0.05, 0.1) is 12.7 Å². The van der Waals surface area contributed by atoms with E-state index in [-0.39, 0.29) is 23.2 Å². The van der Waals surface area contributed by atoms with Crippen LogP contribution in [-0.4, -0.2) is 39.2 Å². The average Bonchev–Trinajstić information content (AvgIpc) is 2.84. The van der Waals surface area contributed by atoms with Crippen LogP contribution in [0.25, 0.3) is 0 Å². The molecular weight excluding hydrogens is 328 g/mol. The summed E-state index contributed by atoms with van der Waals surface area (Å²) in [6.07, 6.45) is 2.00. The molecule has 0 aromatic carbocycles. The number of aromatic nitrogens is 2. The number of H-pyrrole nitrogens is 1. The zero-order valence-electron chi connectivity index (χ0n) is 11.7. The number of hydrogen-bond donors (Lipinski definition) is 2. The number of carbonyl (C=O) groups is 1. The second-order valence-electron chi connectivity index (χ2n) is 5.16. The van der Waals surface area contributed by atoms with E-state index in [1.54, 1.807) is 6.92 Å². The van der Waals surface area contributed by atoms with E-state index in [1.807, 2.05) is 0 Å². The first kappa shape index (κ1) is 16.7. The maximum Gasteiger partial charge on any atom is 0.333 e. The summed E-state index contributed by atoms with van der Waals surface area (Å²) in [6.45, 7) is 5.58. The van der Waals surface area contributed by atoms with Crippen LogP contribution < -0.4 is 0 Å². The van der Waals surface area contributed by atoms with E-state index < -0.39 is 0 Å². The van der Waals surface area contributed by atoms with Gasteiger partial charge in [-0.3, -0.25) is 5.10 Å². The molecule has 0 aliphatic heterocycles. The first-order chi connectivity index (χ1) is 9.95. The second-order valence-corrected chi connectivity index (χ2v) is 8.31. The molecule has 0 saturated heterocycles. The topological polar surface area (TPSA) is 75.2 Å². The number of esters is 1. The molecule has 1 aliphatic rings. The van der Waals surface area contributed by atoms with Gasteiger partial charge in [0.1, 0.15) is 0 Å². The number of rotatable bonds is 5. The quantitative estimate of drug-likeness (QED) is 0.485. The molecule has 1 heterocycles. The standard InChI is InChI=1S/C13H18N2O3S3/c1-7(2)11(17)18-6-8-3-4-9(16)10(5-8)20-13-15-14-12(19)21-13/h8-10,16H,1,3-6H2,2H3,(H,14,19). The Labute approximate surface area is 136 Å². The Morgan fingerprint density at radius 1 is 1.67 bits per heavy atom. The number of carbonyl (C=O) groups excluding carboxylic acids is 1. The molecule has 0 radical (unpaired) electrons. The summed E-state index contributed by atoms with van der Waals surface area (Å²) in [7, 11) is 0. The fourth-order valence-corrected chi connectivity index (χ4v) is 4.80. The first-order valence-electron chi connectivity index (χ1n) is 6.68. The number of ether oxygens (including phenoxy) is 1. The van der Waals surface area contributed by atoms with Crippen molar-refractivity contribution in [3.63, 3.8) is 0 Å². The highest BCUT2D eigenvalue weighted by Crippen LogP contribution is 2.37. The molecule has 0 amide bonds. The fraction of sp³-hybridized carbons (Fsp3) is 0.615. The Morgan fingerprint density at radius 2 is 2.43 bits per heavy atom. The van der Waals surface area contributed by atoms with Crippen LogP contribution >= 0.6 is 35.3 Å². The largest absolute Gasteiger partial charge is 0.462 e. The lowest BCUT2D eigenvalue weighted by Gasteiger charge is -2.31. The van der Waals surface area contributed by atoms with Crippen molar-refractivity contribution in [3.05, 3.63) is 16.1 Å². The zero-order chi connectivity index (χ0) is 15.4. The summed E-state index contributed by atoms with van der Waals surface area (Å²) < 4.78 is 6.69. The van der Waals surface area contributed by atoms with Gasteiger partial charge in [-0.05, 0) is 44.3 Å². The summed E-state index contributed by atoms with van der Waals surface area (Å²) in [4.78, 5) is 11.4. The molecule has 8 heteroatoms. The van der Waals surface area contributed by atoms with E-state index in [1.165, 1.54) is 23.1 Å². The maximum atomic E-state index is 11.4. The average molecular weight is 346 g/mol. The van der Waals surface area contributed by atoms with Crippen molar-refractivity contribution >= 4 is 41.3 Å². The molecule has 1 aliphatic carbocycles. The number of nitrogens with one attached hydrogen (secondary N) is 1. The molecule has 1 aromatic rings. The van der Waals surface area contributed by atoms with Crippen molar-refractivity contribution in [1.82, 2.24) is 10.2 Å². The third kappa shape index (κ3) is 4.91. The van der Waals surface area contributed by atoms with E-state index in [9.17, 15) is 9.90 Å². The summed E-state index contributed by atoms with van der Waals surface area (Å²) in [5.74, 6) is -0.0864. The van der Waals surface area contributed by atoms with Crippen molar-refractivity contribution in [2.24, 2.45) is 5.92 Å². The first-order valence-corrected chi connectivity index (χ1v) is 8.79. The van der Waals surface area contributed by atoms with Crippen LogP contribution in [-0.2, 0) is 9.53 Å². The summed E-state index contributed by atoms with van der Waals surface area (Å²) in [6, 6.07) is 0. The minimum Gasteiger partial charge on any atom is -0.462 e. The lowest BCUT2D eigenvalue weighted by molar-refractivity contribution is -0.140. The molecule has 0 spiro atoms. The Balaban J connectivity index is 1.88. The third-order valence-electron chi connectivity index (χ3n) is 3.33. The van der Waals surface area contributed by atoms with Gasteiger partial charge >= 0.3 is 5.97 Å². The molecule has 3 atom stereocenters. The maximum absolute atomic E-state index is 11.4. The van der Waals surface area contributed by atoms with Crippen LogP contribution in [0.3, 0.4) is 0 Å². The monoisotopic (exact) mass is 346 g/mol. The normalized spacial score (nSPS) is 25.5. The summed E-state index contributed by atoms with van der Waals surface area (Å²) in [5, 5.41) is 17.0. The molecule has 0 bridgehead atoms. The van der Waals surface area contributed by atoms with Gasteiger partial charge in [0.2, 0.25) is 0 Å². The highest BCUT2D eigenvalue weighted by molar-refractivity contribution is 8.01. The van der Waals surface area contributed by atoms with Gasteiger partial charge in [0.15, 0.2) is 8.29 Å². The summed E-state index contributed by atoms with van der Waals surface area (Å²) in [5.41, 5.74) is 0.410. The van der Waals surface area contributed by atoms with E-state index in [0.717, 1.165) is 17.2 Å². The van der Waals surface area contributed by atoms with E-state index >= 15 is 0 Å². The minimum atomic E-state index is -0.361. The minimum absolute atomic E-state index is 0.0567. The van der Waals surface area contributed by atoms with Gasteiger partial charge in [0, 0.05) is 10.8 Å². The number of hydrogen-bond acceptors (Lipinski definition) is 7. The lowest BCUT2D eigenvalue weighted by Crippen LogP contribution is -2.33. The second kappa shape index (κ2) is 7.53. The SMILES string of the molecule is C=C(C)C(=O)OCC1CCC(O)C(Sc2n[nH]c(=S)s2)C1. The number of aliphatic hydroxyl groups is 1. The Morgan fingerprint density at radius 3 is 3.05 bits per heavy atom. The molecule has 5 nitrogen and oxygen atoms in total. The van der Waals surface area contributed by atoms with Gasteiger partial charge in [-0.2, -0.15) is 5.10 Å². The molecular formula is C13H18N2O3S3. The number of nitrogens with zero attached hydrogens (tertiary/aromatic N) is 1. The third-order valence-corrected chi connectivity index (χ3v) is 5.86. The van der Waals surface area contributed by atoms with Crippen LogP contribution in [0.1, 0.15) is 26.2 Å². The molecule has 1 aromatic heterocycles. The Hall–Kier alpha value is -0.700. The molecule has 2 N–H and O–H groups in total. The van der Waals surface area contributed by atoms with Crippen LogP contribution in [0, 0.1) is 9.87 Å². The van der Waals surface area contributed by atoms with Crippen LogP contribution in [0.2, 0.25) is 0 Å². The van der Waals surface area contributed by atoms with Crippen molar-refractivity contribution in [1.29, 1.82) is 0 Å². The van der Waals surface area contributed by atoms with Crippen molar-refractivity contribution in [3.8, 4) is 0 Å². The molecule has 116 valence electrons. The Kier molecular flexibility index (Phi) is 5.98. The van der Waals surface area contributed by atoms with Crippen LogP contribution in [0.4, 0.5) is 0 Å². The summed E-state index contributed by atoms with van der Waals surface area (Å²) >= 11 is 7.96. The van der Waals surface area contributed by atoms with Crippen molar-refractivity contribution < 1.29 is 14.6 Å². The molecule has 1 fully saturated rings. The van der Waals surface area contributed by atoms with Crippen LogP contribution in [0.5, 0.6) is 0 Å². The fourth-order valence-electron chi connectivity index (χ4n) is 2.19. The molecule has 2 rings (SSSR count). The van der Waals surface area contributed by atoms with E-state index in [2.05, 4.69) is 16.8 Å². The Bertz CT molecular complexity index is 569. The van der Waals surface area contributed by atoms with Crippen molar-refractivity contribution in [2.75, 3.05) is 6.61 Å². The predicted molar refractivity (Wildman–Crippen MR) is 86.1 cm³/mol. The molecule has 21 heavy (non-hydrogen) atoms. The number of aliphatic hydroxyl groups excluding tert-OH is 1. The predicted octanol–water partition coefficient (Wildman–Crippen LogP) is 2.94. The van der Waals surface area contributed by atoms with Gasteiger partial charge in [-0.25, -0.2) is 4.79 Å². The van der Waals surface area contributed by atoms with Crippen LogP contribution in [0.15, 0.2) is 16.5 Å². The van der Waals surface area contributed by atoms with E-state index in [0.29, 0.717) is 22.6 Å². The number of aromatic amines is 1. The number of thioether (sulfide) groups is 1.